The normalized spacial score (nSPS) is 19.4. The lowest BCUT2D eigenvalue weighted by atomic mass is 9.99. The highest BCUT2D eigenvalue weighted by molar-refractivity contribution is 6.24. The number of hydrogen-bond donors (Lipinski definition) is 1. The molecule has 0 radical (unpaired) electrons. The van der Waals surface area contributed by atoms with E-state index >= 15 is 0 Å². The van der Waals surface area contributed by atoms with Gasteiger partial charge in [-0.1, -0.05) is 25.0 Å². The summed E-state index contributed by atoms with van der Waals surface area (Å²) in [5.74, 6) is 0.689. The second kappa shape index (κ2) is 11.1. The van der Waals surface area contributed by atoms with Gasteiger partial charge in [-0.15, -0.1) is 0 Å². The Balaban J connectivity index is 1.43. The van der Waals surface area contributed by atoms with Crippen molar-refractivity contribution in [3.8, 4) is 11.5 Å². The monoisotopic (exact) mass is 506 g/mol. The molecule has 1 unspecified atom stereocenters. The van der Waals surface area contributed by atoms with Crippen LogP contribution >= 0.6 is 0 Å². The first kappa shape index (κ1) is 25.5. The molecule has 8 nitrogen and oxygen atoms in total. The molecule has 0 bridgehead atoms. The first-order chi connectivity index (χ1) is 18.1. The van der Waals surface area contributed by atoms with Crippen molar-refractivity contribution in [2.75, 3.05) is 51.8 Å². The van der Waals surface area contributed by atoms with Crippen LogP contribution in [0.5, 0.6) is 11.5 Å². The van der Waals surface area contributed by atoms with Crippen LogP contribution in [-0.2, 0) is 0 Å². The van der Waals surface area contributed by atoms with E-state index in [1.165, 1.54) is 30.6 Å². The molecule has 2 N–H and O–H groups in total. The largest absolute Gasteiger partial charge is 0.493 e. The predicted molar refractivity (Wildman–Crippen MR) is 144 cm³/mol. The van der Waals surface area contributed by atoms with Crippen molar-refractivity contribution in [2.45, 2.75) is 50.6 Å². The molecule has 37 heavy (non-hydrogen) atoms. The van der Waals surface area contributed by atoms with Crippen LogP contribution in [-0.4, -0.2) is 74.6 Å². The number of methoxy groups -OCH3 is 2. The number of carbonyl (C=O) groups is 2. The summed E-state index contributed by atoms with van der Waals surface area (Å²) in [5.41, 5.74) is 8.55. The van der Waals surface area contributed by atoms with Gasteiger partial charge in [0, 0.05) is 32.2 Å². The first-order valence-electron chi connectivity index (χ1n) is 13.5. The van der Waals surface area contributed by atoms with Gasteiger partial charge >= 0.3 is 0 Å². The van der Waals surface area contributed by atoms with Crippen molar-refractivity contribution in [3.05, 3.63) is 53.1 Å². The summed E-state index contributed by atoms with van der Waals surface area (Å²) in [6.07, 6.45) is 6.51. The van der Waals surface area contributed by atoms with Crippen LogP contribution in [0.3, 0.4) is 0 Å². The van der Waals surface area contributed by atoms with E-state index in [1.54, 1.807) is 20.3 Å². The summed E-state index contributed by atoms with van der Waals surface area (Å²) in [6, 6.07) is 11.5. The maximum Gasteiger partial charge on any atom is 0.264 e. The Hall–Kier alpha value is -3.10. The molecule has 1 aliphatic carbocycles. The first-order valence-corrected chi connectivity index (χ1v) is 13.5. The van der Waals surface area contributed by atoms with Gasteiger partial charge in [-0.05, 0) is 62.1 Å². The minimum atomic E-state index is -0.442. The Morgan fingerprint density at radius 2 is 1.68 bits per heavy atom. The number of rotatable bonds is 9. The van der Waals surface area contributed by atoms with Gasteiger partial charge in [0.25, 0.3) is 11.8 Å². The molecule has 3 aliphatic rings. The number of nitrogens with two attached hydrogens (primary N) is 1. The fraction of sp³-hybridized carbons (Fsp3) is 0.517. The van der Waals surface area contributed by atoms with Gasteiger partial charge < -0.3 is 20.1 Å². The van der Waals surface area contributed by atoms with Crippen molar-refractivity contribution in [2.24, 2.45) is 5.73 Å². The number of benzene rings is 2. The molecule has 2 heterocycles. The number of anilines is 1. The Kier molecular flexibility index (Phi) is 7.67. The highest BCUT2D eigenvalue weighted by atomic mass is 16.5. The minimum absolute atomic E-state index is 0.231. The van der Waals surface area contributed by atoms with Gasteiger partial charge in [0.05, 0.1) is 37.1 Å². The third-order valence-corrected chi connectivity index (χ3v) is 8.21. The van der Waals surface area contributed by atoms with Gasteiger partial charge in [-0.2, -0.15) is 0 Å². The predicted octanol–water partition coefficient (Wildman–Crippen LogP) is 3.84. The zero-order valence-electron chi connectivity index (χ0n) is 21.9. The number of amides is 2. The van der Waals surface area contributed by atoms with Crippen molar-refractivity contribution < 1.29 is 19.1 Å². The minimum Gasteiger partial charge on any atom is -0.493 e. The second-order valence-electron chi connectivity index (χ2n) is 10.2. The molecular formula is C29H38N4O4. The third kappa shape index (κ3) is 4.80. The van der Waals surface area contributed by atoms with Crippen molar-refractivity contribution in [1.29, 1.82) is 0 Å². The molecule has 2 fully saturated rings. The molecule has 198 valence electrons. The Labute approximate surface area is 219 Å². The number of piperazine rings is 1. The average Bonchev–Trinajstić information content (AvgIpc) is 3.57. The fourth-order valence-electron chi connectivity index (χ4n) is 6.25. The zero-order valence-corrected chi connectivity index (χ0v) is 21.9. The summed E-state index contributed by atoms with van der Waals surface area (Å²) in [4.78, 5) is 34.0. The number of nitrogens with zero attached hydrogens (tertiary/aromatic N) is 3. The van der Waals surface area contributed by atoms with E-state index in [4.69, 9.17) is 15.2 Å². The van der Waals surface area contributed by atoms with Gasteiger partial charge in [0.1, 0.15) is 0 Å². The molecular weight excluding hydrogens is 468 g/mol. The second-order valence-corrected chi connectivity index (χ2v) is 10.2. The molecule has 5 rings (SSSR count). The molecule has 2 aromatic rings. The zero-order chi connectivity index (χ0) is 25.9. The molecule has 2 aliphatic heterocycles. The van der Waals surface area contributed by atoms with Crippen molar-refractivity contribution in [3.63, 3.8) is 0 Å². The van der Waals surface area contributed by atoms with Crippen LogP contribution in [0.1, 0.15) is 70.8 Å². The Bertz CT molecular complexity index is 1140. The van der Waals surface area contributed by atoms with Crippen molar-refractivity contribution >= 4 is 17.5 Å². The van der Waals surface area contributed by atoms with Crippen LogP contribution in [0.25, 0.3) is 0 Å². The summed E-state index contributed by atoms with van der Waals surface area (Å²) < 4.78 is 10.9. The lowest BCUT2D eigenvalue weighted by Crippen LogP contribution is -2.50. The van der Waals surface area contributed by atoms with Crippen LogP contribution in [0.2, 0.25) is 0 Å². The number of fused-ring (bicyclic) bond motifs is 1. The van der Waals surface area contributed by atoms with E-state index in [0.29, 0.717) is 48.1 Å². The van der Waals surface area contributed by atoms with E-state index in [2.05, 4.69) is 9.80 Å². The maximum absolute atomic E-state index is 14.0. The lowest BCUT2D eigenvalue weighted by Gasteiger charge is -2.39. The average molecular weight is 507 g/mol. The van der Waals surface area contributed by atoms with E-state index in [-0.39, 0.29) is 11.8 Å². The lowest BCUT2D eigenvalue weighted by molar-refractivity contribution is 0.0572. The molecule has 0 spiro atoms. The fourth-order valence-corrected chi connectivity index (χ4v) is 6.25. The quantitative estimate of drug-likeness (QED) is 0.517. The number of imide groups is 1. The third-order valence-electron chi connectivity index (χ3n) is 8.21. The van der Waals surface area contributed by atoms with Gasteiger partial charge in [0.2, 0.25) is 0 Å². The number of hydrogen-bond acceptors (Lipinski definition) is 7. The van der Waals surface area contributed by atoms with Gasteiger partial charge in [-0.25, -0.2) is 0 Å². The van der Waals surface area contributed by atoms with Crippen LogP contribution < -0.4 is 20.1 Å². The molecule has 2 amide bonds. The number of ether oxygens (including phenoxy) is 2. The van der Waals surface area contributed by atoms with Gasteiger partial charge in [-0.3, -0.25) is 19.4 Å². The van der Waals surface area contributed by atoms with Crippen molar-refractivity contribution in [1.82, 2.24) is 9.80 Å². The highest BCUT2D eigenvalue weighted by Crippen LogP contribution is 2.40. The molecule has 2 aromatic carbocycles. The number of carbonyl (C=O) groups excluding carboxylic acids is 2. The standard InChI is InChI=1S/C29H38N4O4/c1-36-25-13-12-20(19-26(25)37-2)23(11-6-14-30)33-28(34)22-9-5-10-24(27(22)29(33)35)32-17-15-31(16-18-32)21-7-3-4-8-21/h5,9-10,12-13,19,21,23H,3-4,6-8,11,14-18,30H2,1-2H3. The van der Waals surface area contributed by atoms with E-state index in [9.17, 15) is 9.59 Å². The molecule has 1 atom stereocenters. The van der Waals surface area contributed by atoms with E-state index in [0.717, 1.165) is 37.4 Å². The summed E-state index contributed by atoms with van der Waals surface area (Å²) in [7, 11) is 3.17. The molecule has 8 heteroatoms. The Morgan fingerprint density at radius 1 is 0.946 bits per heavy atom. The topological polar surface area (TPSA) is 88.3 Å². The summed E-state index contributed by atoms with van der Waals surface area (Å²) in [6.45, 7) is 4.18. The van der Waals surface area contributed by atoms with Crippen LogP contribution in [0.4, 0.5) is 5.69 Å². The van der Waals surface area contributed by atoms with Gasteiger partial charge in [0.15, 0.2) is 11.5 Å². The molecule has 0 aromatic heterocycles. The smallest absolute Gasteiger partial charge is 0.264 e. The van der Waals surface area contributed by atoms with E-state index < -0.39 is 6.04 Å². The summed E-state index contributed by atoms with van der Waals surface area (Å²) in [5, 5.41) is 0. The van der Waals surface area contributed by atoms with E-state index in [1.807, 2.05) is 30.3 Å². The highest BCUT2D eigenvalue weighted by Gasteiger charge is 2.43. The molecule has 1 saturated carbocycles. The van der Waals surface area contributed by atoms with Crippen LogP contribution in [0.15, 0.2) is 36.4 Å². The SMILES string of the molecule is COc1ccc(C(CCCN)N2C(=O)c3cccc(N4CCN(C5CCCC5)CC4)c3C2=O)cc1OC. The Morgan fingerprint density at radius 3 is 2.35 bits per heavy atom. The maximum atomic E-state index is 14.0. The summed E-state index contributed by atoms with van der Waals surface area (Å²) >= 11 is 0. The molecule has 1 saturated heterocycles. The van der Waals surface area contributed by atoms with Crippen LogP contribution in [0, 0.1) is 0 Å².